The first-order valence-electron chi connectivity index (χ1n) is 5.95. The summed E-state index contributed by atoms with van der Waals surface area (Å²) in [6.45, 7) is 1.27. The maximum Gasteiger partial charge on any atom is 0.270 e. The van der Waals surface area contributed by atoms with Crippen LogP contribution in [0.1, 0.15) is 12.2 Å². The second-order valence-electron chi connectivity index (χ2n) is 3.84. The Kier molecular flexibility index (Phi) is 4.57. The largest absolute Gasteiger partial charge is 0.492 e. The zero-order valence-corrected chi connectivity index (χ0v) is 10.4. The summed E-state index contributed by atoms with van der Waals surface area (Å²) in [6.07, 6.45) is 5.48. The minimum absolute atomic E-state index is 0.239. The van der Waals surface area contributed by atoms with Gasteiger partial charge in [0.1, 0.15) is 18.1 Å². The number of hydrogen-bond acceptors (Lipinski definition) is 6. The van der Waals surface area contributed by atoms with Gasteiger partial charge in [0.15, 0.2) is 0 Å². The van der Waals surface area contributed by atoms with Crippen LogP contribution in [0.2, 0.25) is 0 Å². The van der Waals surface area contributed by atoms with Crippen LogP contribution in [-0.2, 0) is 6.54 Å². The molecular formula is C12H15N5O2. The van der Waals surface area contributed by atoms with Crippen LogP contribution in [0.5, 0.6) is 5.75 Å². The first kappa shape index (κ1) is 13.2. The molecular weight excluding hydrogens is 246 g/mol. The van der Waals surface area contributed by atoms with E-state index in [0.717, 1.165) is 6.42 Å². The molecule has 0 aliphatic rings. The topological polar surface area (TPSA) is 95.9 Å². The summed E-state index contributed by atoms with van der Waals surface area (Å²) in [6, 6.07) is 3.11. The van der Waals surface area contributed by atoms with E-state index >= 15 is 0 Å². The molecule has 0 amide bonds. The van der Waals surface area contributed by atoms with Gasteiger partial charge in [-0.3, -0.25) is 4.79 Å². The van der Waals surface area contributed by atoms with Crippen molar-refractivity contribution in [2.75, 3.05) is 13.2 Å². The van der Waals surface area contributed by atoms with Crippen molar-refractivity contribution in [1.82, 2.24) is 19.7 Å². The number of nitrogens with two attached hydrogens (primary N) is 1. The first-order valence-corrected chi connectivity index (χ1v) is 5.95. The lowest BCUT2D eigenvalue weighted by molar-refractivity contribution is 0.309. The zero-order chi connectivity index (χ0) is 13.5. The fourth-order valence-corrected chi connectivity index (χ4v) is 1.43. The molecule has 7 heteroatoms. The summed E-state index contributed by atoms with van der Waals surface area (Å²) in [7, 11) is 0. The number of rotatable bonds is 6. The fourth-order valence-electron chi connectivity index (χ4n) is 1.43. The van der Waals surface area contributed by atoms with E-state index in [2.05, 4.69) is 15.1 Å². The van der Waals surface area contributed by atoms with Gasteiger partial charge in [0.25, 0.3) is 5.56 Å². The van der Waals surface area contributed by atoms with Crippen LogP contribution < -0.4 is 16.0 Å². The molecule has 0 unspecified atom stereocenters. The molecule has 0 aliphatic carbocycles. The van der Waals surface area contributed by atoms with Crippen LogP contribution >= 0.6 is 0 Å². The Morgan fingerprint density at radius 2 is 2.11 bits per heavy atom. The van der Waals surface area contributed by atoms with E-state index in [1.807, 2.05) is 0 Å². The summed E-state index contributed by atoms with van der Waals surface area (Å²) in [5.41, 5.74) is 5.11. The summed E-state index contributed by atoms with van der Waals surface area (Å²) < 4.78 is 6.63. The molecule has 2 rings (SSSR count). The lowest BCUT2D eigenvalue weighted by Crippen LogP contribution is -2.23. The molecule has 100 valence electrons. The Morgan fingerprint density at radius 1 is 1.32 bits per heavy atom. The van der Waals surface area contributed by atoms with Gasteiger partial charge in [0.05, 0.1) is 12.8 Å². The van der Waals surface area contributed by atoms with E-state index in [1.54, 1.807) is 18.5 Å². The monoisotopic (exact) mass is 261 g/mol. The van der Waals surface area contributed by atoms with Gasteiger partial charge in [-0.1, -0.05) is 0 Å². The minimum atomic E-state index is -0.252. The minimum Gasteiger partial charge on any atom is -0.492 e. The normalized spacial score (nSPS) is 10.4. The third kappa shape index (κ3) is 3.85. The molecule has 2 N–H and O–H groups in total. The van der Waals surface area contributed by atoms with Crippen molar-refractivity contribution < 1.29 is 4.74 Å². The number of nitrogens with zero attached hydrogens (tertiary/aromatic N) is 4. The molecule has 0 spiro atoms. The highest BCUT2D eigenvalue weighted by molar-refractivity contribution is 5.13. The van der Waals surface area contributed by atoms with Gasteiger partial charge in [0.2, 0.25) is 0 Å². The lowest BCUT2D eigenvalue weighted by Gasteiger charge is -2.06. The maximum atomic E-state index is 11.8. The summed E-state index contributed by atoms with van der Waals surface area (Å²) in [4.78, 5) is 19.9. The van der Waals surface area contributed by atoms with E-state index in [4.69, 9.17) is 10.5 Å². The van der Waals surface area contributed by atoms with Gasteiger partial charge in [0, 0.05) is 18.5 Å². The molecule has 0 fully saturated rings. The Balaban J connectivity index is 2.05. The van der Waals surface area contributed by atoms with Crippen molar-refractivity contribution in [3.8, 4) is 5.75 Å². The van der Waals surface area contributed by atoms with Gasteiger partial charge in [-0.05, 0) is 19.0 Å². The van der Waals surface area contributed by atoms with Gasteiger partial charge in [-0.2, -0.15) is 5.10 Å². The van der Waals surface area contributed by atoms with Gasteiger partial charge >= 0.3 is 0 Å². The van der Waals surface area contributed by atoms with Crippen LogP contribution in [0.15, 0.2) is 35.5 Å². The second-order valence-corrected chi connectivity index (χ2v) is 3.84. The van der Waals surface area contributed by atoms with Crippen molar-refractivity contribution in [3.63, 3.8) is 0 Å². The molecule has 0 saturated heterocycles. The van der Waals surface area contributed by atoms with E-state index in [9.17, 15) is 4.79 Å². The van der Waals surface area contributed by atoms with Crippen LogP contribution in [0, 0.1) is 0 Å². The number of aromatic nitrogens is 4. The van der Waals surface area contributed by atoms with Crippen LogP contribution in [0.4, 0.5) is 0 Å². The average molecular weight is 261 g/mol. The molecule has 0 saturated carbocycles. The highest BCUT2D eigenvalue weighted by Crippen LogP contribution is 2.04. The molecule has 2 aromatic rings. The third-order valence-electron chi connectivity index (χ3n) is 2.37. The molecule has 0 aliphatic heterocycles. The predicted octanol–water partition coefficient (Wildman–Crippen LogP) is -0.191. The molecule has 0 bridgehead atoms. The van der Waals surface area contributed by atoms with Crippen LogP contribution in [0.25, 0.3) is 0 Å². The molecule has 0 aromatic carbocycles. The number of hydrogen-bond donors (Lipinski definition) is 1. The molecule has 2 aromatic heterocycles. The van der Waals surface area contributed by atoms with E-state index in [-0.39, 0.29) is 12.1 Å². The standard InChI is InChI=1S/C12H15N5O2/c13-3-1-6-19-10-7-12(18)17(16-8-10)9-11-14-4-2-5-15-11/h2,4-5,7-8H,1,3,6,9,13H2. The third-order valence-corrected chi connectivity index (χ3v) is 2.37. The van der Waals surface area contributed by atoms with Gasteiger partial charge in [-0.25, -0.2) is 14.6 Å². The van der Waals surface area contributed by atoms with Crippen molar-refractivity contribution in [1.29, 1.82) is 0 Å². The maximum absolute atomic E-state index is 11.8. The lowest BCUT2D eigenvalue weighted by atomic mass is 10.4. The van der Waals surface area contributed by atoms with Crippen molar-refractivity contribution in [3.05, 3.63) is 46.9 Å². The van der Waals surface area contributed by atoms with Gasteiger partial charge in [-0.15, -0.1) is 0 Å². The molecule has 0 radical (unpaired) electrons. The number of ether oxygens (including phenoxy) is 1. The Bertz CT molecular complexity index is 570. The molecule has 7 nitrogen and oxygen atoms in total. The summed E-state index contributed by atoms with van der Waals surface area (Å²) >= 11 is 0. The van der Waals surface area contributed by atoms with Gasteiger partial charge < -0.3 is 10.5 Å². The van der Waals surface area contributed by atoms with Crippen molar-refractivity contribution in [2.24, 2.45) is 5.73 Å². The van der Waals surface area contributed by atoms with E-state index in [0.29, 0.717) is 24.7 Å². The van der Waals surface area contributed by atoms with E-state index < -0.39 is 0 Å². The SMILES string of the molecule is NCCCOc1cnn(Cc2ncccn2)c(=O)c1. The summed E-state index contributed by atoms with van der Waals surface area (Å²) in [5, 5.41) is 4.02. The van der Waals surface area contributed by atoms with Crippen LogP contribution in [0.3, 0.4) is 0 Å². The Labute approximate surface area is 110 Å². The zero-order valence-electron chi connectivity index (χ0n) is 10.4. The smallest absolute Gasteiger partial charge is 0.270 e. The van der Waals surface area contributed by atoms with Crippen molar-refractivity contribution >= 4 is 0 Å². The predicted molar refractivity (Wildman–Crippen MR) is 68.8 cm³/mol. The molecule has 19 heavy (non-hydrogen) atoms. The average Bonchev–Trinajstić information content (AvgIpc) is 2.43. The highest BCUT2D eigenvalue weighted by Gasteiger charge is 2.03. The highest BCUT2D eigenvalue weighted by atomic mass is 16.5. The quantitative estimate of drug-likeness (QED) is 0.724. The molecule has 0 atom stereocenters. The van der Waals surface area contributed by atoms with Crippen LogP contribution in [-0.4, -0.2) is 32.9 Å². The second kappa shape index (κ2) is 6.60. The Morgan fingerprint density at radius 3 is 2.79 bits per heavy atom. The fraction of sp³-hybridized carbons (Fsp3) is 0.333. The summed E-state index contributed by atoms with van der Waals surface area (Å²) in [5.74, 6) is 0.984. The van der Waals surface area contributed by atoms with Crippen molar-refractivity contribution in [2.45, 2.75) is 13.0 Å². The Hall–Kier alpha value is -2.28. The molecule has 2 heterocycles. The first-order chi connectivity index (χ1) is 9.29. The van der Waals surface area contributed by atoms with E-state index in [1.165, 1.54) is 16.9 Å².